The molecule has 0 amide bonds. The van der Waals surface area contributed by atoms with E-state index in [-0.39, 0.29) is 0 Å². The van der Waals surface area contributed by atoms with Gasteiger partial charge >= 0.3 is 0 Å². The largest absolute Gasteiger partial charge is 0.320 e. The maximum Gasteiger partial charge on any atom is 0.104 e. The maximum atomic E-state index is 2.44. The Bertz CT molecular complexity index is 738. The van der Waals surface area contributed by atoms with Gasteiger partial charge in [0.2, 0.25) is 0 Å². The van der Waals surface area contributed by atoms with Crippen molar-refractivity contribution in [3.05, 3.63) is 35.4 Å². The van der Waals surface area contributed by atoms with Crippen LogP contribution in [0.5, 0.6) is 0 Å². The molecule has 290 valence electrons. The summed E-state index contributed by atoms with van der Waals surface area (Å²) in [5, 5.41) is 0. The minimum absolute atomic E-state index is 1.15. The van der Waals surface area contributed by atoms with Gasteiger partial charge in [-0.15, -0.1) is 0 Å². The number of nitrogens with zero attached hydrogens (tertiary/aromatic N) is 1. The molecule has 1 rings (SSSR count). The van der Waals surface area contributed by atoms with E-state index in [0.29, 0.717) is 0 Å². The Morgan fingerprint density at radius 2 is 0.571 bits per heavy atom. The van der Waals surface area contributed by atoms with Crippen molar-refractivity contribution >= 4 is 0 Å². The molecule has 1 nitrogen and oxygen atoms in total. The molecule has 49 heavy (non-hydrogen) atoms. The molecule has 1 atom stereocenters. The monoisotopic (exact) mass is 685 g/mol. The first-order chi connectivity index (χ1) is 24.2. The van der Waals surface area contributed by atoms with Crippen LogP contribution < -0.4 is 0 Å². The van der Waals surface area contributed by atoms with Crippen LogP contribution in [0.1, 0.15) is 252 Å². The van der Waals surface area contributed by atoms with Crippen molar-refractivity contribution in [2.24, 2.45) is 0 Å². The molecule has 0 heterocycles. The van der Waals surface area contributed by atoms with Crippen molar-refractivity contribution in [1.29, 1.82) is 0 Å². The molecule has 0 aromatic heterocycles. The van der Waals surface area contributed by atoms with Gasteiger partial charge in [-0.3, -0.25) is 0 Å². The summed E-state index contributed by atoms with van der Waals surface area (Å²) in [5.41, 5.74) is 3.05. The van der Waals surface area contributed by atoms with Gasteiger partial charge in [0.15, 0.2) is 0 Å². The summed E-state index contributed by atoms with van der Waals surface area (Å²) in [6.45, 7) is 18.7. The molecule has 0 aliphatic carbocycles. The summed E-state index contributed by atoms with van der Waals surface area (Å²) in [6, 6.07) is 9.66. The standard InChI is InChI=1S/C46H88N.C2H6/c1-5-9-11-13-15-17-19-21-23-24-26-28-30-32-34-36-43-47(41-7-3,44-46-39-37-45(8-4)38-40-46)42-35-33-31-29-27-25-22-20-18-16-14-12-10-6-2;1-2/h37-40H,5-36,41-44H2,1-4H3;1-2H3/q+1;. The average Bonchev–Trinajstić information content (AvgIpc) is 3.13. The Kier molecular flexibility index (Phi) is 37.8. The second-order valence-electron chi connectivity index (χ2n) is 15.7. The zero-order valence-electron chi connectivity index (χ0n) is 35.2. The van der Waals surface area contributed by atoms with E-state index in [0.717, 1.165) is 6.42 Å². The topological polar surface area (TPSA) is 0 Å². The van der Waals surface area contributed by atoms with Gasteiger partial charge in [0, 0.05) is 5.56 Å². The van der Waals surface area contributed by atoms with Gasteiger partial charge in [0.25, 0.3) is 0 Å². The normalized spacial score (nSPS) is 12.5. The van der Waals surface area contributed by atoms with Gasteiger partial charge in [-0.2, -0.15) is 0 Å². The lowest BCUT2D eigenvalue weighted by Crippen LogP contribution is -2.49. The number of quaternary nitrogens is 1. The van der Waals surface area contributed by atoms with Crippen molar-refractivity contribution in [2.75, 3.05) is 19.6 Å². The van der Waals surface area contributed by atoms with Crippen LogP contribution in [0.3, 0.4) is 0 Å². The molecule has 0 spiro atoms. The summed E-state index contributed by atoms with van der Waals surface area (Å²) in [7, 11) is 0. The Hall–Kier alpha value is -0.820. The lowest BCUT2D eigenvalue weighted by atomic mass is 10.0. The number of hydrogen-bond acceptors (Lipinski definition) is 0. The predicted molar refractivity (Wildman–Crippen MR) is 226 cm³/mol. The molecule has 1 unspecified atom stereocenters. The second kappa shape index (κ2) is 38.4. The summed E-state index contributed by atoms with van der Waals surface area (Å²) < 4.78 is 1.33. The molecule has 0 radical (unpaired) electrons. The molecular weight excluding hydrogens is 591 g/mol. The number of benzene rings is 1. The van der Waals surface area contributed by atoms with Crippen LogP contribution in [0, 0.1) is 0 Å². The van der Waals surface area contributed by atoms with Crippen LogP contribution in [0.15, 0.2) is 24.3 Å². The molecule has 0 bridgehead atoms. The molecule has 1 heteroatoms. The molecule has 0 aliphatic rings. The predicted octanol–water partition coefficient (Wildman–Crippen LogP) is 16.7. The van der Waals surface area contributed by atoms with E-state index >= 15 is 0 Å². The highest BCUT2D eigenvalue weighted by molar-refractivity contribution is 5.21. The third kappa shape index (κ3) is 30.5. The van der Waals surface area contributed by atoms with Gasteiger partial charge in [-0.05, 0) is 44.1 Å². The first kappa shape index (κ1) is 48.2. The molecule has 0 saturated carbocycles. The van der Waals surface area contributed by atoms with Crippen LogP contribution in [-0.2, 0) is 13.0 Å². The van der Waals surface area contributed by atoms with E-state index in [9.17, 15) is 0 Å². The smallest absolute Gasteiger partial charge is 0.104 e. The number of aryl methyl sites for hydroxylation is 1. The van der Waals surface area contributed by atoms with Gasteiger partial charge in [-0.25, -0.2) is 0 Å². The van der Waals surface area contributed by atoms with Crippen molar-refractivity contribution < 1.29 is 4.48 Å². The molecule has 1 aromatic rings. The number of hydrogen-bond donors (Lipinski definition) is 0. The SMILES string of the molecule is CC.CCCCCCCCCCCCCCCCCC[N+](CCC)(CCCCCCCCCCCCCCCC)Cc1ccc(CC)cc1. The van der Waals surface area contributed by atoms with Crippen molar-refractivity contribution in [3.63, 3.8) is 0 Å². The number of unbranched alkanes of at least 4 members (excludes halogenated alkanes) is 28. The van der Waals surface area contributed by atoms with Crippen molar-refractivity contribution in [1.82, 2.24) is 0 Å². The highest BCUT2D eigenvalue weighted by Gasteiger charge is 2.26. The van der Waals surface area contributed by atoms with E-state index in [1.165, 1.54) is 235 Å². The zero-order chi connectivity index (χ0) is 35.9. The van der Waals surface area contributed by atoms with Crippen molar-refractivity contribution in [3.8, 4) is 0 Å². The summed E-state index contributed by atoms with van der Waals surface area (Å²) in [4.78, 5) is 0. The summed E-state index contributed by atoms with van der Waals surface area (Å²) >= 11 is 0. The van der Waals surface area contributed by atoms with Crippen LogP contribution in [0.2, 0.25) is 0 Å². The molecule has 0 saturated heterocycles. The van der Waals surface area contributed by atoms with Gasteiger partial charge in [0.05, 0.1) is 19.6 Å². The van der Waals surface area contributed by atoms with E-state index in [2.05, 4.69) is 52.0 Å². The molecule has 0 N–H and O–H groups in total. The fraction of sp³-hybridized carbons (Fsp3) is 0.875. The average molecular weight is 685 g/mol. The molecule has 1 aromatic carbocycles. The first-order valence-electron chi connectivity index (χ1n) is 23.1. The molecular formula is C48H94N+. The second-order valence-corrected chi connectivity index (χ2v) is 15.7. The quantitative estimate of drug-likeness (QED) is 0.0483. The zero-order valence-corrected chi connectivity index (χ0v) is 35.2. The van der Waals surface area contributed by atoms with E-state index in [4.69, 9.17) is 0 Å². The van der Waals surface area contributed by atoms with E-state index in [1.54, 1.807) is 5.56 Å². The highest BCUT2D eigenvalue weighted by atomic mass is 15.3. The van der Waals surface area contributed by atoms with Gasteiger partial charge in [0.1, 0.15) is 6.54 Å². The van der Waals surface area contributed by atoms with Crippen molar-refractivity contribution in [2.45, 2.75) is 254 Å². The first-order valence-corrected chi connectivity index (χ1v) is 23.1. The van der Waals surface area contributed by atoms with Crippen LogP contribution in [0.25, 0.3) is 0 Å². The van der Waals surface area contributed by atoms with Crippen LogP contribution in [-0.4, -0.2) is 24.1 Å². The summed E-state index contributed by atoms with van der Waals surface area (Å²) in [5.74, 6) is 0. The third-order valence-electron chi connectivity index (χ3n) is 11.1. The molecule has 0 fully saturated rings. The van der Waals surface area contributed by atoms with E-state index in [1.807, 2.05) is 13.8 Å². The third-order valence-corrected chi connectivity index (χ3v) is 11.1. The lowest BCUT2D eigenvalue weighted by molar-refractivity contribution is -0.941. The Balaban J connectivity index is 0.0000113. The van der Waals surface area contributed by atoms with Crippen LogP contribution in [0.4, 0.5) is 0 Å². The number of rotatable bonds is 37. The fourth-order valence-corrected chi connectivity index (χ4v) is 7.95. The Morgan fingerprint density at radius 3 is 0.837 bits per heavy atom. The lowest BCUT2D eigenvalue weighted by Gasteiger charge is -2.39. The van der Waals surface area contributed by atoms with Gasteiger partial charge in [-0.1, -0.05) is 233 Å². The Labute approximate surface area is 312 Å². The highest BCUT2D eigenvalue weighted by Crippen LogP contribution is 2.22. The minimum atomic E-state index is 1.15. The Morgan fingerprint density at radius 1 is 0.306 bits per heavy atom. The molecule has 0 aliphatic heterocycles. The van der Waals surface area contributed by atoms with Gasteiger partial charge < -0.3 is 4.48 Å². The minimum Gasteiger partial charge on any atom is -0.320 e. The fourth-order valence-electron chi connectivity index (χ4n) is 7.95. The van der Waals surface area contributed by atoms with E-state index < -0.39 is 0 Å². The van der Waals surface area contributed by atoms with Crippen LogP contribution >= 0.6 is 0 Å². The maximum absolute atomic E-state index is 2.44. The summed E-state index contributed by atoms with van der Waals surface area (Å²) in [6.07, 6.45) is 46.1.